The Labute approximate surface area is 158 Å². The Morgan fingerprint density at radius 2 is 2.19 bits per heavy atom. The number of aromatic nitrogens is 5. The van der Waals surface area contributed by atoms with E-state index in [1.54, 1.807) is 18.6 Å². The Kier molecular flexibility index (Phi) is 4.66. The molecule has 1 unspecified atom stereocenters. The first kappa shape index (κ1) is 17.3. The molecule has 0 saturated carbocycles. The number of pyridine rings is 1. The smallest absolute Gasteiger partial charge is 0.227 e. The molecule has 0 spiro atoms. The Morgan fingerprint density at radius 1 is 1.30 bits per heavy atom. The lowest BCUT2D eigenvalue weighted by molar-refractivity contribution is -0.131. The fourth-order valence-corrected chi connectivity index (χ4v) is 3.58. The number of hydrogen-bond donors (Lipinski definition) is 0. The average Bonchev–Trinajstić information content (AvgIpc) is 3.31. The fourth-order valence-electron chi connectivity index (χ4n) is 3.58. The van der Waals surface area contributed by atoms with Gasteiger partial charge in [-0.15, -0.1) is 0 Å². The Balaban J connectivity index is 1.61. The molecule has 1 aliphatic rings. The van der Waals surface area contributed by atoms with Crippen LogP contribution >= 0.6 is 0 Å². The van der Waals surface area contributed by atoms with Gasteiger partial charge in [-0.3, -0.25) is 9.78 Å². The third-order valence-electron chi connectivity index (χ3n) is 4.87. The van der Waals surface area contributed by atoms with Crippen LogP contribution in [0, 0.1) is 6.92 Å². The number of hydrogen-bond acceptors (Lipinski definition) is 5. The van der Waals surface area contributed by atoms with E-state index in [1.807, 2.05) is 47.8 Å². The van der Waals surface area contributed by atoms with Gasteiger partial charge in [-0.2, -0.15) is 0 Å². The van der Waals surface area contributed by atoms with Crippen LogP contribution in [0.1, 0.15) is 36.0 Å². The summed E-state index contributed by atoms with van der Waals surface area (Å²) in [6, 6.07) is 5.63. The topological polar surface area (TPSA) is 76.8 Å². The number of rotatable bonds is 4. The van der Waals surface area contributed by atoms with Crippen LogP contribution in [0.4, 0.5) is 0 Å². The van der Waals surface area contributed by atoms with Crippen molar-refractivity contribution in [1.82, 2.24) is 29.4 Å². The minimum atomic E-state index is -0.0897. The van der Waals surface area contributed by atoms with E-state index < -0.39 is 0 Å². The van der Waals surface area contributed by atoms with Crippen molar-refractivity contribution in [3.63, 3.8) is 0 Å². The molecule has 1 amide bonds. The summed E-state index contributed by atoms with van der Waals surface area (Å²) in [5.41, 5.74) is 2.59. The van der Waals surface area contributed by atoms with E-state index in [1.165, 1.54) is 0 Å². The molecule has 0 aromatic carbocycles. The van der Waals surface area contributed by atoms with Gasteiger partial charge in [0.2, 0.25) is 5.91 Å². The third-order valence-corrected chi connectivity index (χ3v) is 4.87. The summed E-state index contributed by atoms with van der Waals surface area (Å²) in [5.74, 6) is 1.59. The molecule has 1 saturated heterocycles. The van der Waals surface area contributed by atoms with Crippen LogP contribution in [0.25, 0.3) is 11.5 Å². The van der Waals surface area contributed by atoms with Crippen LogP contribution in [0.15, 0.2) is 43.0 Å². The molecule has 4 heterocycles. The van der Waals surface area contributed by atoms with Gasteiger partial charge < -0.3 is 9.47 Å². The lowest BCUT2D eigenvalue weighted by Gasteiger charge is -2.24. The van der Waals surface area contributed by atoms with Gasteiger partial charge in [0, 0.05) is 44.1 Å². The maximum Gasteiger partial charge on any atom is 0.227 e. The molecule has 7 heteroatoms. The summed E-state index contributed by atoms with van der Waals surface area (Å²) < 4.78 is 1.94. The van der Waals surface area contributed by atoms with E-state index >= 15 is 0 Å². The number of amides is 1. The van der Waals surface area contributed by atoms with Gasteiger partial charge in [-0.25, -0.2) is 15.0 Å². The van der Waals surface area contributed by atoms with Gasteiger partial charge in [0.1, 0.15) is 5.69 Å². The molecule has 0 aliphatic carbocycles. The zero-order chi connectivity index (χ0) is 18.8. The van der Waals surface area contributed by atoms with Crippen LogP contribution in [0.3, 0.4) is 0 Å². The SMILES string of the molecule is Cc1cc(-c2nccn2C)nc(C2CCCN2C(=O)Cc2cccnc2)n1. The van der Waals surface area contributed by atoms with E-state index in [9.17, 15) is 4.79 Å². The van der Waals surface area contributed by atoms with Crippen molar-refractivity contribution in [2.24, 2.45) is 7.05 Å². The quantitative estimate of drug-likeness (QED) is 0.713. The van der Waals surface area contributed by atoms with E-state index in [4.69, 9.17) is 4.98 Å². The first-order valence-corrected chi connectivity index (χ1v) is 9.13. The molecule has 4 rings (SSSR count). The first-order valence-electron chi connectivity index (χ1n) is 9.13. The summed E-state index contributed by atoms with van der Waals surface area (Å²) in [7, 11) is 1.94. The molecule has 7 nitrogen and oxygen atoms in total. The molecular weight excluding hydrogens is 340 g/mol. The molecule has 0 radical (unpaired) electrons. The summed E-state index contributed by atoms with van der Waals surface area (Å²) in [5, 5.41) is 0. The second-order valence-electron chi connectivity index (χ2n) is 6.90. The molecule has 3 aromatic heterocycles. The van der Waals surface area contributed by atoms with Crippen molar-refractivity contribution in [3.05, 3.63) is 60.1 Å². The van der Waals surface area contributed by atoms with E-state index in [2.05, 4.69) is 15.0 Å². The lowest BCUT2D eigenvalue weighted by Crippen LogP contribution is -2.32. The number of aryl methyl sites for hydroxylation is 2. The molecule has 27 heavy (non-hydrogen) atoms. The summed E-state index contributed by atoms with van der Waals surface area (Å²) in [6.07, 6.45) is 9.29. The van der Waals surface area contributed by atoms with E-state index in [0.29, 0.717) is 12.2 Å². The van der Waals surface area contributed by atoms with Crippen LogP contribution < -0.4 is 0 Å². The highest BCUT2D eigenvalue weighted by Crippen LogP contribution is 2.31. The number of likely N-dealkylation sites (tertiary alicyclic amines) is 1. The van der Waals surface area contributed by atoms with Gasteiger partial charge in [-0.1, -0.05) is 6.07 Å². The van der Waals surface area contributed by atoms with Crippen LogP contribution in [-0.4, -0.2) is 41.9 Å². The minimum Gasteiger partial charge on any atom is -0.333 e. The Bertz CT molecular complexity index is 952. The highest BCUT2D eigenvalue weighted by atomic mass is 16.2. The van der Waals surface area contributed by atoms with Gasteiger partial charge in [-0.05, 0) is 37.5 Å². The molecule has 3 aromatic rings. The van der Waals surface area contributed by atoms with Crippen molar-refractivity contribution < 1.29 is 4.79 Å². The fraction of sp³-hybridized carbons (Fsp3) is 0.350. The Hall–Kier alpha value is -3.09. The third kappa shape index (κ3) is 3.58. The highest BCUT2D eigenvalue weighted by Gasteiger charge is 2.32. The standard InChI is InChI=1S/C20H22N6O/c1-14-11-16(20-22-8-10-25(20)2)24-19(23-14)17-6-4-9-26(17)18(27)12-15-5-3-7-21-13-15/h3,5,7-8,10-11,13,17H,4,6,9,12H2,1-2H3. The molecule has 1 atom stereocenters. The zero-order valence-electron chi connectivity index (χ0n) is 15.5. The van der Waals surface area contributed by atoms with Gasteiger partial charge in [0.05, 0.1) is 12.5 Å². The van der Waals surface area contributed by atoms with Crippen molar-refractivity contribution in [2.45, 2.75) is 32.2 Å². The number of carbonyl (C=O) groups is 1. The maximum atomic E-state index is 12.9. The lowest BCUT2D eigenvalue weighted by atomic mass is 10.1. The number of nitrogens with zero attached hydrogens (tertiary/aromatic N) is 6. The van der Waals surface area contributed by atoms with Crippen LogP contribution in [0.5, 0.6) is 0 Å². The van der Waals surface area contributed by atoms with Gasteiger partial charge >= 0.3 is 0 Å². The van der Waals surface area contributed by atoms with Crippen LogP contribution in [-0.2, 0) is 18.3 Å². The normalized spacial score (nSPS) is 16.7. The summed E-state index contributed by atoms with van der Waals surface area (Å²) in [6.45, 7) is 2.69. The van der Waals surface area contributed by atoms with Crippen molar-refractivity contribution in [3.8, 4) is 11.5 Å². The minimum absolute atomic E-state index is 0.0897. The predicted molar refractivity (Wildman–Crippen MR) is 101 cm³/mol. The van der Waals surface area contributed by atoms with E-state index in [-0.39, 0.29) is 11.9 Å². The largest absolute Gasteiger partial charge is 0.333 e. The molecule has 0 N–H and O–H groups in total. The predicted octanol–water partition coefficient (Wildman–Crippen LogP) is 2.49. The summed E-state index contributed by atoms with van der Waals surface area (Å²) in [4.78, 5) is 32.7. The second-order valence-corrected chi connectivity index (χ2v) is 6.90. The van der Waals surface area contributed by atoms with E-state index in [0.717, 1.165) is 42.2 Å². The first-order chi connectivity index (χ1) is 13.1. The zero-order valence-corrected chi connectivity index (χ0v) is 15.5. The van der Waals surface area contributed by atoms with Gasteiger partial charge in [0.15, 0.2) is 11.6 Å². The molecule has 1 fully saturated rings. The number of imidazole rings is 1. The molecule has 0 bridgehead atoms. The average molecular weight is 362 g/mol. The molecule has 138 valence electrons. The van der Waals surface area contributed by atoms with Crippen LogP contribution in [0.2, 0.25) is 0 Å². The van der Waals surface area contributed by atoms with Crippen molar-refractivity contribution in [1.29, 1.82) is 0 Å². The van der Waals surface area contributed by atoms with Crippen molar-refractivity contribution >= 4 is 5.91 Å². The second kappa shape index (κ2) is 7.26. The molecular formula is C20H22N6O. The van der Waals surface area contributed by atoms with Crippen molar-refractivity contribution in [2.75, 3.05) is 6.54 Å². The highest BCUT2D eigenvalue weighted by molar-refractivity contribution is 5.79. The number of carbonyl (C=O) groups excluding carboxylic acids is 1. The van der Waals surface area contributed by atoms with Gasteiger partial charge in [0.25, 0.3) is 0 Å². The molecule has 1 aliphatic heterocycles. The monoisotopic (exact) mass is 362 g/mol. The Morgan fingerprint density at radius 3 is 2.93 bits per heavy atom. The maximum absolute atomic E-state index is 12.9. The summed E-state index contributed by atoms with van der Waals surface area (Å²) >= 11 is 0.